The van der Waals surface area contributed by atoms with Crippen molar-refractivity contribution in [3.05, 3.63) is 77.1 Å². The van der Waals surface area contributed by atoms with E-state index in [9.17, 15) is 10.1 Å². The number of aromatic nitrogens is 2. The highest BCUT2D eigenvalue weighted by atomic mass is 16.6. The molecule has 3 aromatic rings. The summed E-state index contributed by atoms with van der Waals surface area (Å²) in [5.41, 5.74) is 2.75. The SMILES string of the molecule is O=[N+]([O-])c1cccc(-n2cc(-c3ccccc3)cn2)c1. The van der Waals surface area contributed by atoms with Gasteiger partial charge in [-0.05, 0) is 11.6 Å². The van der Waals surface area contributed by atoms with E-state index < -0.39 is 4.92 Å². The molecule has 0 aliphatic carbocycles. The smallest absolute Gasteiger partial charge is 0.258 e. The monoisotopic (exact) mass is 265 g/mol. The number of benzene rings is 2. The van der Waals surface area contributed by atoms with E-state index in [1.54, 1.807) is 23.0 Å². The molecule has 98 valence electrons. The van der Waals surface area contributed by atoms with Gasteiger partial charge in [-0.2, -0.15) is 5.10 Å². The molecule has 0 saturated heterocycles. The lowest BCUT2D eigenvalue weighted by Gasteiger charge is -2.00. The molecule has 5 heteroatoms. The lowest BCUT2D eigenvalue weighted by Crippen LogP contribution is -1.95. The average Bonchev–Trinajstić information content (AvgIpc) is 2.98. The third kappa shape index (κ3) is 2.29. The first-order chi connectivity index (χ1) is 9.74. The molecule has 0 unspecified atom stereocenters. The molecule has 0 atom stereocenters. The summed E-state index contributed by atoms with van der Waals surface area (Å²) in [6, 6.07) is 16.3. The molecule has 2 aromatic carbocycles. The zero-order valence-electron chi connectivity index (χ0n) is 10.5. The van der Waals surface area contributed by atoms with Crippen LogP contribution in [-0.4, -0.2) is 14.7 Å². The molecule has 0 saturated carbocycles. The summed E-state index contributed by atoms with van der Waals surface area (Å²) in [6.45, 7) is 0. The van der Waals surface area contributed by atoms with Crippen LogP contribution >= 0.6 is 0 Å². The predicted octanol–water partition coefficient (Wildman–Crippen LogP) is 3.45. The highest BCUT2D eigenvalue weighted by Crippen LogP contribution is 2.21. The fourth-order valence-corrected chi connectivity index (χ4v) is 1.99. The summed E-state index contributed by atoms with van der Waals surface area (Å²) in [4.78, 5) is 10.4. The van der Waals surface area contributed by atoms with E-state index in [-0.39, 0.29) is 5.69 Å². The maximum absolute atomic E-state index is 10.8. The van der Waals surface area contributed by atoms with Crippen molar-refractivity contribution in [3.63, 3.8) is 0 Å². The number of hydrogen-bond donors (Lipinski definition) is 0. The maximum atomic E-state index is 10.8. The molecular weight excluding hydrogens is 254 g/mol. The van der Waals surface area contributed by atoms with E-state index in [0.717, 1.165) is 11.1 Å². The second-order valence-corrected chi connectivity index (χ2v) is 4.32. The fraction of sp³-hybridized carbons (Fsp3) is 0. The predicted molar refractivity (Wildman–Crippen MR) is 75.7 cm³/mol. The van der Waals surface area contributed by atoms with Crippen LogP contribution in [0.2, 0.25) is 0 Å². The van der Waals surface area contributed by atoms with Gasteiger partial charge >= 0.3 is 0 Å². The Morgan fingerprint density at radius 1 is 1.00 bits per heavy atom. The first kappa shape index (κ1) is 12.1. The van der Waals surface area contributed by atoms with Crippen LogP contribution in [0.1, 0.15) is 0 Å². The van der Waals surface area contributed by atoms with Gasteiger partial charge < -0.3 is 0 Å². The molecular formula is C15H11N3O2. The second kappa shape index (κ2) is 4.97. The van der Waals surface area contributed by atoms with Crippen molar-refractivity contribution in [2.24, 2.45) is 0 Å². The summed E-state index contributed by atoms with van der Waals surface area (Å²) < 4.78 is 1.63. The minimum atomic E-state index is -0.412. The van der Waals surface area contributed by atoms with Gasteiger partial charge in [0.25, 0.3) is 5.69 Å². The van der Waals surface area contributed by atoms with Crippen LogP contribution in [0.3, 0.4) is 0 Å². The molecule has 0 aliphatic rings. The van der Waals surface area contributed by atoms with Crippen LogP contribution in [0.5, 0.6) is 0 Å². The summed E-state index contributed by atoms with van der Waals surface area (Å²) in [5, 5.41) is 15.0. The average molecular weight is 265 g/mol. The normalized spacial score (nSPS) is 10.4. The maximum Gasteiger partial charge on any atom is 0.271 e. The largest absolute Gasteiger partial charge is 0.271 e. The Bertz CT molecular complexity index is 751. The number of rotatable bonds is 3. The third-order valence-corrected chi connectivity index (χ3v) is 2.99. The van der Waals surface area contributed by atoms with E-state index in [2.05, 4.69) is 5.10 Å². The van der Waals surface area contributed by atoms with E-state index >= 15 is 0 Å². The Kier molecular flexibility index (Phi) is 3.01. The summed E-state index contributed by atoms with van der Waals surface area (Å²) in [6.07, 6.45) is 3.60. The van der Waals surface area contributed by atoms with Gasteiger partial charge in [0.1, 0.15) is 0 Å². The molecule has 0 N–H and O–H groups in total. The summed E-state index contributed by atoms with van der Waals surface area (Å²) in [7, 11) is 0. The Balaban J connectivity index is 1.98. The first-order valence-corrected chi connectivity index (χ1v) is 6.09. The van der Waals surface area contributed by atoms with Gasteiger partial charge in [-0.3, -0.25) is 10.1 Å². The van der Waals surface area contributed by atoms with Gasteiger partial charge in [-0.25, -0.2) is 4.68 Å². The fourth-order valence-electron chi connectivity index (χ4n) is 1.99. The van der Waals surface area contributed by atoms with Crippen LogP contribution in [0, 0.1) is 10.1 Å². The van der Waals surface area contributed by atoms with Crippen molar-refractivity contribution >= 4 is 5.69 Å². The van der Waals surface area contributed by atoms with Crippen LogP contribution in [-0.2, 0) is 0 Å². The topological polar surface area (TPSA) is 61.0 Å². The molecule has 5 nitrogen and oxygen atoms in total. The van der Waals surface area contributed by atoms with Gasteiger partial charge in [0.2, 0.25) is 0 Å². The first-order valence-electron chi connectivity index (χ1n) is 6.09. The Morgan fingerprint density at radius 3 is 2.55 bits per heavy atom. The highest BCUT2D eigenvalue weighted by molar-refractivity contribution is 5.62. The molecule has 0 fully saturated rings. The van der Waals surface area contributed by atoms with E-state index in [1.807, 2.05) is 36.5 Å². The van der Waals surface area contributed by atoms with Crippen molar-refractivity contribution in [1.29, 1.82) is 0 Å². The lowest BCUT2D eigenvalue weighted by molar-refractivity contribution is -0.384. The standard InChI is InChI=1S/C15H11N3O2/c19-18(20)15-8-4-7-14(9-15)17-11-13(10-16-17)12-5-2-1-3-6-12/h1-11H. The van der Waals surface area contributed by atoms with Crippen molar-refractivity contribution in [2.75, 3.05) is 0 Å². The van der Waals surface area contributed by atoms with Gasteiger partial charge in [0.05, 0.1) is 16.8 Å². The molecule has 20 heavy (non-hydrogen) atoms. The number of non-ortho nitro benzene ring substituents is 1. The molecule has 0 spiro atoms. The number of nitro benzene ring substituents is 1. The molecule has 0 aliphatic heterocycles. The van der Waals surface area contributed by atoms with Crippen LogP contribution in [0.4, 0.5) is 5.69 Å². The van der Waals surface area contributed by atoms with Gasteiger partial charge in [-0.1, -0.05) is 36.4 Å². The lowest BCUT2D eigenvalue weighted by atomic mass is 10.1. The highest BCUT2D eigenvalue weighted by Gasteiger charge is 2.08. The quantitative estimate of drug-likeness (QED) is 0.538. The minimum Gasteiger partial charge on any atom is -0.258 e. The third-order valence-electron chi connectivity index (χ3n) is 2.99. The zero-order chi connectivity index (χ0) is 13.9. The zero-order valence-corrected chi connectivity index (χ0v) is 10.5. The Labute approximate surface area is 115 Å². The van der Waals surface area contributed by atoms with E-state index in [4.69, 9.17) is 0 Å². The van der Waals surface area contributed by atoms with Crippen molar-refractivity contribution in [1.82, 2.24) is 9.78 Å². The molecule has 1 heterocycles. The molecule has 0 radical (unpaired) electrons. The van der Waals surface area contributed by atoms with Crippen molar-refractivity contribution in [2.45, 2.75) is 0 Å². The van der Waals surface area contributed by atoms with Crippen LogP contribution < -0.4 is 0 Å². The summed E-state index contributed by atoms with van der Waals surface area (Å²) in [5.74, 6) is 0. The Morgan fingerprint density at radius 2 is 1.80 bits per heavy atom. The molecule has 3 rings (SSSR count). The van der Waals surface area contributed by atoms with E-state index in [0.29, 0.717) is 5.69 Å². The van der Waals surface area contributed by atoms with Crippen molar-refractivity contribution < 1.29 is 4.92 Å². The van der Waals surface area contributed by atoms with Crippen LogP contribution in [0.15, 0.2) is 67.0 Å². The minimum absolute atomic E-state index is 0.0549. The Hall–Kier alpha value is -2.95. The number of nitro groups is 1. The van der Waals surface area contributed by atoms with Gasteiger partial charge in [0.15, 0.2) is 0 Å². The van der Waals surface area contributed by atoms with Crippen molar-refractivity contribution in [3.8, 4) is 16.8 Å². The van der Waals surface area contributed by atoms with Gasteiger partial charge in [-0.15, -0.1) is 0 Å². The second-order valence-electron chi connectivity index (χ2n) is 4.32. The molecule has 0 bridgehead atoms. The molecule has 1 aromatic heterocycles. The van der Waals surface area contributed by atoms with Gasteiger partial charge in [0, 0.05) is 23.9 Å². The number of hydrogen-bond acceptors (Lipinski definition) is 3. The molecule has 0 amide bonds. The van der Waals surface area contributed by atoms with E-state index in [1.165, 1.54) is 12.1 Å². The number of nitrogens with zero attached hydrogens (tertiary/aromatic N) is 3. The van der Waals surface area contributed by atoms with Crippen LogP contribution in [0.25, 0.3) is 16.8 Å². The summed E-state index contributed by atoms with van der Waals surface area (Å²) >= 11 is 0.